The van der Waals surface area contributed by atoms with Gasteiger partial charge in [-0.05, 0) is 36.8 Å². The maximum Gasteiger partial charge on any atom is 0.306 e. The molecule has 3 fully saturated rings. The van der Waals surface area contributed by atoms with Crippen molar-refractivity contribution in [1.82, 2.24) is 0 Å². The number of hydrogen-bond donors (Lipinski definition) is 0. The highest BCUT2D eigenvalue weighted by atomic mass is 127. The Kier molecular flexibility index (Phi) is 7.49. The van der Waals surface area contributed by atoms with Gasteiger partial charge in [0.15, 0.2) is 23.8 Å². The molecule has 4 aliphatic carbocycles. The molecule has 4 aliphatic rings. The number of allylic oxidation sites excluding steroid dienone is 4. The van der Waals surface area contributed by atoms with E-state index in [2.05, 4.69) is 38.5 Å². The molecule has 202 valence electrons. The van der Waals surface area contributed by atoms with Gasteiger partial charge in [-0.3, -0.25) is 24.0 Å². The Morgan fingerprint density at radius 3 is 2.41 bits per heavy atom. The summed E-state index contributed by atoms with van der Waals surface area (Å²) >= 11 is 6.33. The molecule has 37 heavy (non-hydrogen) atoms. The molecule has 0 aromatic carbocycles. The van der Waals surface area contributed by atoms with Crippen LogP contribution in [0, 0.1) is 28.6 Å². The smallest absolute Gasteiger partial charge is 0.306 e. The summed E-state index contributed by atoms with van der Waals surface area (Å²) in [6.07, 6.45) is 6.48. The Morgan fingerprint density at radius 2 is 1.78 bits per heavy atom. The molecule has 7 nitrogen and oxygen atoms in total. The van der Waals surface area contributed by atoms with E-state index in [9.17, 15) is 24.0 Å². The highest BCUT2D eigenvalue weighted by Gasteiger charge is 2.77. The number of alkyl halides is 2. The van der Waals surface area contributed by atoms with Gasteiger partial charge in [-0.15, -0.1) is 0 Å². The van der Waals surface area contributed by atoms with Crippen molar-refractivity contribution in [3.8, 4) is 0 Å². The normalized spacial score (nSPS) is 42.3. The fourth-order valence-corrected chi connectivity index (χ4v) is 10.9. The quantitative estimate of drug-likeness (QED) is 0.223. The number of hydrogen-bond acceptors (Lipinski definition) is 7. The number of halogens is 2. The highest BCUT2D eigenvalue weighted by Crippen LogP contribution is 2.72. The highest BCUT2D eigenvalue weighted by molar-refractivity contribution is 14.1. The summed E-state index contributed by atoms with van der Waals surface area (Å²) in [7, 11) is 0. The van der Waals surface area contributed by atoms with Crippen LogP contribution in [-0.4, -0.2) is 49.7 Å². The van der Waals surface area contributed by atoms with E-state index in [1.54, 1.807) is 19.9 Å². The van der Waals surface area contributed by atoms with Crippen molar-refractivity contribution in [2.24, 2.45) is 28.6 Å². The SMILES string of the molecule is CCC(=O)OCC(=O)[C@]1(OC(=O)CC)[C@@H](C)C[C@H]2[C@@H]3[C@H](I)CC4=CC(=O)C=C[C@]4(C)[C@@]3(Br)C(=O)C[C@@]21C. The van der Waals surface area contributed by atoms with Gasteiger partial charge in [0.2, 0.25) is 5.78 Å². The van der Waals surface area contributed by atoms with Gasteiger partial charge in [0.25, 0.3) is 0 Å². The van der Waals surface area contributed by atoms with E-state index in [0.717, 1.165) is 5.57 Å². The summed E-state index contributed by atoms with van der Waals surface area (Å²) in [5.74, 6) is -2.36. The number of carbonyl (C=O) groups excluding carboxylic acids is 5. The van der Waals surface area contributed by atoms with Gasteiger partial charge in [-0.2, -0.15) is 0 Å². The van der Waals surface area contributed by atoms with E-state index in [-0.39, 0.29) is 52.5 Å². The number of carbonyl (C=O) groups is 5. The van der Waals surface area contributed by atoms with Crippen molar-refractivity contribution in [2.45, 2.75) is 80.6 Å². The Balaban J connectivity index is 1.85. The lowest BCUT2D eigenvalue weighted by Crippen LogP contribution is -2.70. The van der Waals surface area contributed by atoms with Gasteiger partial charge < -0.3 is 9.47 Å². The molecule has 0 spiro atoms. The Labute approximate surface area is 239 Å². The first-order valence-electron chi connectivity index (χ1n) is 12.9. The zero-order chi connectivity index (χ0) is 27.6. The second kappa shape index (κ2) is 9.68. The van der Waals surface area contributed by atoms with Crippen LogP contribution in [0.4, 0.5) is 0 Å². The number of fused-ring (bicyclic) bond motifs is 5. The summed E-state index contributed by atoms with van der Waals surface area (Å²) in [4.78, 5) is 65.2. The van der Waals surface area contributed by atoms with Crippen molar-refractivity contribution in [3.05, 3.63) is 23.8 Å². The van der Waals surface area contributed by atoms with E-state index in [4.69, 9.17) is 9.47 Å². The maximum absolute atomic E-state index is 14.3. The van der Waals surface area contributed by atoms with E-state index in [0.29, 0.717) is 12.8 Å². The van der Waals surface area contributed by atoms with Gasteiger partial charge in [0, 0.05) is 39.9 Å². The summed E-state index contributed by atoms with van der Waals surface area (Å²) in [5, 5.41) is 0. The van der Waals surface area contributed by atoms with Crippen LogP contribution >= 0.6 is 38.5 Å². The van der Waals surface area contributed by atoms with E-state index in [1.165, 1.54) is 6.08 Å². The first-order valence-corrected chi connectivity index (χ1v) is 15.0. The number of esters is 2. The second-order valence-corrected chi connectivity index (χ2v) is 14.2. The van der Waals surface area contributed by atoms with Crippen molar-refractivity contribution < 1.29 is 33.4 Å². The first-order chi connectivity index (χ1) is 17.2. The number of rotatable bonds is 6. The maximum atomic E-state index is 14.3. The van der Waals surface area contributed by atoms with Crippen molar-refractivity contribution in [3.63, 3.8) is 0 Å². The van der Waals surface area contributed by atoms with Gasteiger partial charge >= 0.3 is 11.9 Å². The molecule has 8 atom stereocenters. The van der Waals surface area contributed by atoms with Gasteiger partial charge in [0.05, 0.1) is 0 Å². The average molecular weight is 689 g/mol. The first kappa shape index (κ1) is 28.6. The fraction of sp³-hybridized carbons (Fsp3) is 0.679. The van der Waals surface area contributed by atoms with Gasteiger partial charge in [0.1, 0.15) is 4.32 Å². The molecular formula is C28H34BrIO7. The zero-order valence-corrected chi connectivity index (χ0v) is 25.6. The third-order valence-corrected chi connectivity index (χ3v) is 12.6. The van der Waals surface area contributed by atoms with Crippen LogP contribution in [0.2, 0.25) is 0 Å². The molecule has 0 aromatic heterocycles. The van der Waals surface area contributed by atoms with Crippen LogP contribution in [-0.2, 0) is 33.4 Å². The Bertz CT molecular complexity index is 1130. The summed E-state index contributed by atoms with van der Waals surface area (Å²) in [6, 6.07) is 0. The standard InChI is InChI=1S/C28H34BrIO7/c1-6-22(34)36-14-21(33)28(37-23(35)7-2)15(3)10-18-24-19(30)12-16-11-17(31)8-9-25(16,4)27(24,29)20(32)13-26(18,28)5/h8-9,11,15,18-19,24H,6-7,10,12-14H2,1-5H3/t15-,18-,19+,24+,25-,26-,27+,28+/m0/s1. The van der Waals surface area contributed by atoms with Crippen molar-refractivity contribution in [1.29, 1.82) is 0 Å². The predicted octanol–water partition coefficient (Wildman–Crippen LogP) is 4.86. The summed E-state index contributed by atoms with van der Waals surface area (Å²) < 4.78 is 10.3. The predicted molar refractivity (Wildman–Crippen MR) is 148 cm³/mol. The molecule has 0 radical (unpaired) electrons. The zero-order valence-electron chi connectivity index (χ0n) is 21.9. The van der Waals surface area contributed by atoms with Crippen LogP contribution in [0.25, 0.3) is 0 Å². The minimum Gasteiger partial charge on any atom is -0.457 e. The minimum atomic E-state index is -1.59. The lowest BCUT2D eigenvalue weighted by atomic mass is 9.46. The number of Topliss-reactive ketones (excluding diaryl/α,β-unsaturated/α-hetero) is 2. The summed E-state index contributed by atoms with van der Waals surface area (Å²) in [6.45, 7) is 8.60. The van der Waals surface area contributed by atoms with Crippen LogP contribution in [0.15, 0.2) is 23.8 Å². The number of ketones is 3. The van der Waals surface area contributed by atoms with Crippen LogP contribution in [0.5, 0.6) is 0 Å². The summed E-state index contributed by atoms with van der Waals surface area (Å²) in [5.41, 5.74) is -2.34. The lowest BCUT2D eigenvalue weighted by Gasteiger charge is -2.62. The molecular weight excluding hydrogens is 655 g/mol. The molecule has 4 rings (SSSR count). The molecule has 0 aliphatic heterocycles. The molecule has 0 heterocycles. The van der Waals surface area contributed by atoms with Crippen molar-refractivity contribution >= 4 is 67.8 Å². The molecule has 0 unspecified atom stereocenters. The Hall–Kier alpha value is -1.36. The average Bonchev–Trinajstić information content (AvgIpc) is 3.05. The molecule has 0 aromatic rings. The van der Waals surface area contributed by atoms with E-state index in [1.807, 2.05) is 26.8 Å². The topological polar surface area (TPSA) is 104 Å². The molecule has 0 saturated heterocycles. The van der Waals surface area contributed by atoms with E-state index < -0.39 is 45.1 Å². The third-order valence-electron chi connectivity index (χ3n) is 9.55. The molecule has 9 heteroatoms. The largest absolute Gasteiger partial charge is 0.457 e. The number of ether oxygens (including phenoxy) is 2. The van der Waals surface area contributed by atoms with Gasteiger partial charge in [-0.1, -0.05) is 84.8 Å². The van der Waals surface area contributed by atoms with Crippen LogP contribution in [0.1, 0.15) is 66.7 Å². The lowest BCUT2D eigenvalue weighted by molar-refractivity contribution is -0.196. The fourth-order valence-electron chi connectivity index (χ4n) is 7.68. The molecule has 0 bridgehead atoms. The second-order valence-electron chi connectivity index (χ2n) is 11.3. The molecule has 0 N–H and O–H groups in total. The monoisotopic (exact) mass is 688 g/mol. The van der Waals surface area contributed by atoms with Gasteiger partial charge in [-0.25, -0.2) is 0 Å². The van der Waals surface area contributed by atoms with Crippen molar-refractivity contribution in [2.75, 3.05) is 6.61 Å². The molecule has 0 amide bonds. The Morgan fingerprint density at radius 1 is 1.14 bits per heavy atom. The van der Waals surface area contributed by atoms with E-state index >= 15 is 0 Å². The van der Waals surface area contributed by atoms with Crippen LogP contribution in [0.3, 0.4) is 0 Å². The molecule has 3 saturated carbocycles. The minimum absolute atomic E-state index is 0.00192. The van der Waals surface area contributed by atoms with Crippen LogP contribution < -0.4 is 0 Å². The third kappa shape index (κ3) is 3.87.